The molecule has 0 saturated heterocycles. The summed E-state index contributed by atoms with van der Waals surface area (Å²) in [5.41, 5.74) is 0. The molecule has 0 aromatic carbocycles. The fourth-order valence-electron chi connectivity index (χ4n) is 11.0. The van der Waals surface area contributed by atoms with Gasteiger partial charge in [-0.2, -0.15) is 0 Å². The molecule has 0 rings (SSSR count). The third-order valence-electron chi connectivity index (χ3n) is 16.4. The normalized spacial score (nSPS) is 12.6. The Labute approximate surface area is 492 Å². The number of hydrogen-bond acceptors (Lipinski definition) is 7. The number of unbranched alkanes of at least 4 members (excludes halogenated alkanes) is 52. The van der Waals surface area contributed by atoms with E-state index >= 15 is 0 Å². The largest absolute Gasteiger partial charge is 0.477 e. The Balaban J connectivity index is 4.03. The molecule has 470 valence electrons. The molecule has 0 heterocycles. The molecule has 0 aliphatic rings. The number of esters is 2. The molecule has 9 nitrogen and oxygen atoms in total. The molecule has 0 aliphatic carbocycles. The highest BCUT2D eigenvalue weighted by molar-refractivity contribution is 5.71. The molecule has 9 heteroatoms. The monoisotopic (exact) mass is 1120 g/mol. The average Bonchev–Trinajstić information content (AvgIpc) is 3.42. The fraction of sp³-hybridized carbons (Fsp3) is 0.957. The van der Waals surface area contributed by atoms with E-state index in [0.29, 0.717) is 17.4 Å². The number of rotatable bonds is 67. The van der Waals surface area contributed by atoms with Crippen molar-refractivity contribution in [3.05, 3.63) is 0 Å². The van der Waals surface area contributed by atoms with Crippen molar-refractivity contribution in [1.82, 2.24) is 0 Å². The first kappa shape index (κ1) is 77.3. The first-order chi connectivity index (χ1) is 38.6. The van der Waals surface area contributed by atoms with Gasteiger partial charge in [-0.15, -0.1) is 0 Å². The first-order valence-corrected chi connectivity index (χ1v) is 35.2. The molecule has 0 bridgehead atoms. The highest BCUT2D eigenvalue weighted by Gasteiger charge is 2.25. The Morgan fingerprint density at radius 1 is 0.329 bits per heavy atom. The van der Waals surface area contributed by atoms with E-state index in [-0.39, 0.29) is 38.2 Å². The van der Waals surface area contributed by atoms with Crippen molar-refractivity contribution in [2.24, 2.45) is 0 Å². The Hall–Kier alpha value is -1.71. The zero-order chi connectivity index (χ0) is 57.6. The molecule has 0 aliphatic heterocycles. The van der Waals surface area contributed by atoms with Crippen LogP contribution in [-0.2, 0) is 33.3 Å². The summed E-state index contributed by atoms with van der Waals surface area (Å²) < 4.78 is 23.0. The van der Waals surface area contributed by atoms with Crippen LogP contribution in [0.3, 0.4) is 0 Å². The van der Waals surface area contributed by atoms with E-state index in [2.05, 4.69) is 13.8 Å². The average molecular weight is 1120 g/mol. The van der Waals surface area contributed by atoms with Gasteiger partial charge in [0.25, 0.3) is 6.29 Å². The van der Waals surface area contributed by atoms with Gasteiger partial charge in [-0.25, -0.2) is 4.79 Å². The predicted octanol–water partition coefficient (Wildman–Crippen LogP) is 21.5. The van der Waals surface area contributed by atoms with Crippen LogP contribution in [0.1, 0.15) is 373 Å². The van der Waals surface area contributed by atoms with E-state index in [0.717, 1.165) is 38.5 Å². The zero-order valence-corrected chi connectivity index (χ0v) is 53.8. The number of carboxylic acids is 1. The maximum Gasteiger partial charge on any atom is 0.361 e. The number of quaternary nitrogens is 1. The zero-order valence-electron chi connectivity index (χ0n) is 53.8. The van der Waals surface area contributed by atoms with Crippen LogP contribution in [0.5, 0.6) is 0 Å². The number of nitrogens with zero attached hydrogens (tertiary/aromatic N) is 1. The molecular formula is C70H138NO8+. The second-order valence-electron chi connectivity index (χ2n) is 25.6. The summed E-state index contributed by atoms with van der Waals surface area (Å²) in [5, 5.41) is 9.74. The minimum absolute atomic E-state index is 0.172. The van der Waals surface area contributed by atoms with Crippen LogP contribution in [0.2, 0.25) is 0 Å². The lowest BCUT2D eigenvalue weighted by Gasteiger charge is -2.25. The summed E-state index contributed by atoms with van der Waals surface area (Å²) in [4.78, 5) is 37.6. The number of carbonyl (C=O) groups is 3. The van der Waals surface area contributed by atoms with Crippen molar-refractivity contribution < 1.29 is 42.9 Å². The topological polar surface area (TPSA) is 108 Å². The van der Waals surface area contributed by atoms with Crippen LogP contribution in [0.4, 0.5) is 0 Å². The van der Waals surface area contributed by atoms with Crippen LogP contribution in [-0.4, -0.2) is 87.4 Å². The second-order valence-corrected chi connectivity index (χ2v) is 25.6. The molecule has 0 saturated carbocycles. The van der Waals surface area contributed by atoms with E-state index in [1.54, 1.807) is 0 Å². The lowest BCUT2D eigenvalue weighted by Crippen LogP contribution is -2.40. The van der Waals surface area contributed by atoms with Gasteiger partial charge in [-0.05, 0) is 12.8 Å². The summed E-state index contributed by atoms with van der Waals surface area (Å²) in [6, 6.07) is 0. The SMILES string of the molecule is CCCCCCCCCCCCCCCCCCCCCCCCCCCCCCCCCC(=O)OC(COC(=O)CCCCCCCCCCCCCCCCCCCCCCCCC)COC(OCC[N+](C)(C)C)C(=O)O. The van der Waals surface area contributed by atoms with Gasteiger partial charge >= 0.3 is 17.9 Å². The van der Waals surface area contributed by atoms with E-state index in [4.69, 9.17) is 18.9 Å². The van der Waals surface area contributed by atoms with Crippen molar-refractivity contribution in [3.8, 4) is 0 Å². The molecule has 0 fully saturated rings. The van der Waals surface area contributed by atoms with Gasteiger partial charge < -0.3 is 28.5 Å². The van der Waals surface area contributed by atoms with Gasteiger partial charge in [0, 0.05) is 12.8 Å². The molecular weight excluding hydrogens is 983 g/mol. The summed E-state index contributed by atoms with van der Waals surface area (Å²) >= 11 is 0. The van der Waals surface area contributed by atoms with Gasteiger partial charge in [0.05, 0.1) is 34.4 Å². The highest BCUT2D eigenvalue weighted by Crippen LogP contribution is 2.20. The third-order valence-corrected chi connectivity index (χ3v) is 16.4. The van der Waals surface area contributed by atoms with Crippen molar-refractivity contribution >= 4 is 17.9 Å². The molecule has 0 spiro atoms. The molecule has 1 N–H and O–H groups in total. The Morgan fingerprint density at radius 3 is 0.810 bits per heavy atom. The molecule has 0 amide bonds. The van der Waals surface area contributed by atoms with Gasteiger partial charge in [-0.1, -0.05) is 348 Å². The lowest BCUT2D eigenvalue weighted by atomic mass is 10.0. The van der Waals surface area contributed by atoms with E-state index in [1.807, 2.05) is 21.1 Å². The maximum atomic E-state index is 12.9. The van der Waals surface area contributed by atoms with Crippen molar-refractivity contribution in [2.45, 2.75) is 386 Å². The molecule has 79 heavy (non-hydrogen) atoms. The maximum absolute atomic E-state index is 12.9. The molecule has 2 atom stereocenters. The smallest absolute Gasteiger partial charge is 0.361 e. The van der Waals surface area contributed by atoms with Crippen LogP contribution < -0.4 is 0 Å². The molecule has 0 aromatic rings. The van der Waals surface area contributed by atoms with E-state index < -0.39 is 18.4 Å². The highest BCUT2D eigenvalue weighted by atomic mass is 16.7. The lowest BCUT2D eigenvalue weighted by molar-refractivity contribution is -0.870. The van der Waals surface area contributed by atoms with Crippen molar-refractivity contribution in [1.29, 1.82) is 0 Å². The number of carbonyl (C=O) groups excluding carboxylic acids is 2. The standard InChI is InChI=1S/C70H137NO8/c1-6-8-10-12-14-16-18-20-22-24-26-28-30-31-32-33-34-35-36-37-39-41-43-45-47-49-51-53-55-57-59-61-68(73)79-66(65-78-70(69(74)75)76-63-62-71(3,4)5)64-77-67(72)60-58-56-54-52-50-48-46-44-42-40-38-29-27-25-23-21-19-17-15-13-11-9-7-2/h66,70H,6-65H2,1-5H3/p+1. The first-order valence-electron chi connectivity index (χ1n) is 35.2. The third kappa shape index (κ3) is 63.7. The van der Waals surface area contributed by atoms with Crippen molar-refractivity contribution in [3.63, 3.8) is 0 Å². The molecule has 0 radical (unpaired) electrons. The Bertz CT molecular complexity index is 1260. The summed E-state index contributed by atoms with van der Waals surface area (Å²) in [6.45, 7) is 4.97. The van der Waals surface area contributed by atoms with Crippen LogP contribution in [0.25, 0.3) is 0 Å². The summed E-state index contributed by atoms with van der Waals surface area (Å²) in [5.74, 6) is -1.97. The Morgan fingerprint density at radius 2 is 0.570 bits per heavy atom. The number of ether oxygens (including phenoxy) is 4. The van der Waals surface area contributed by atoms with Crippen LogP contribution >= 0.6 is 0 Å². The number of aliphatic carboxylic acids is 1. The predicted molar refractivity (Wildman–Crippen MR) is 337 cm³/mol. The van der Waals surface area contributed by atoms with Gasteiger partial charge in [0.1, 0.15) is 13.2 Å². The van der Waals surface area contributed by atoms with Crippen molar-refractivity contribution in [2.75, 3.05) is 47.5 Å². The van der Waals surface area contributed by atoms with E-state index in [9.17, 15) is 19.5 Å². The number of likely N-dealkylation sites (N-methyl/N-ethyl adjacent to an activating group) is 1. The minimum atomic E-state index is -1.50. The van der Waals surface area contributed by atoms with Crippen LogP contribution in [0, 0.1) is 0 Å². The summed E-state index contributed by atoms with van der Waals surface area (Å²) in [7, 11) is 6.00. The Kier molecular flexibility index (Phi) is 61.0. The van der Waals surface area contributed by atoms with Gasteiger partial charge in [0.2, 0.25) is 0 Å². The molecule has 0 aromatic heterocycles. The number of carboxylic acid groups (broad SMARTS) is 1. The van der Waals surface area contributed by atoms with Gasteiger partial charge in [-0.3, -0.25) is 9.59 Å². The quantitative estimate of drug-likeness (QED) is 0.0278. The second kappa shape index (κ2) is 62.3. The molecule has 2 unspecified atom stereocenters. The van der Waals surface area contributed by atoms with E-state index in [1.165, 1.54) is 308 Å². The summed E-state index contributed by atoms with van der Waals surface area (Å²) in [6.07, 6.45) is 70.8. The number of hydrogen-bond donors (Lipinski definition) is 1. The van der Waals surface area contributed by atoms with Gasteiger partial charge in [0.15, 0.2) is 6.10 Å². The fourth-order valence-corrected chi connectivity index (χ4v) is 11.0. The minimum Gasteiger partial charge on any atom is -0.477 e. The van der Waals surface area contributed by atoms with Crippen LogP contribution in [0.15, 0.2) is 0 Å².